The molecule has 3 aliphatic rings. The lowest BCUT2D eigenvalue weighted by molar-refractivity contribution is -0.204. The first kappa shape index (κ1) is 29.7. The van der Waals surface area contributed by atoms with Gasteiger partial charge in [0.2, 0.25) is 12.3 Å². The fourth-order valence-corrected chi connectivity index (χ4v) is 5.29. The standard InChI is InChI=1S/C28H37F3N2O5/c1-4-10-21-23(14-13-20-22(28(29,30)31)17-24(35)38-25(20)21)37-16-9-8-15-33(18-34)26(36)27(2,32-3)19-11-6-5-7-12-19/h5-7,11,14,18-20,22,32H,4,8-10,12-13,15-17H2,1-3H3. The number of halogens is 3. The van der Waals surface area contributed by atoms with Crippen molar-refractivity contribution in [1.29, 1.82) is 0 Å². The number of likely N-dealkylation sites (N-methyl/N-ethyl adjacent to an activating group) is 1. The predicted octanol–water partition coefficient (Wildman–Crippen LogP) is 4.96. The van der Waals surface area contributed by atoms with Gasteiger partial charge in [0.05, 0.1) is 18.9 Å². The molecule has 0 aromatic rings. The first-order chi connectivity index (χ1) is 18.1. The number of unbranched alkanes of at least 4 members (excludes halogenated alkanes) is 1. The highest BCUT2D eigenvalue weighted by molar-refractivity contribution is 5.93. The van der Waals surface area contributed by atoms with E-state index in [0.717, 1.165) is 0 Å². The molecule has 10 heteroatoms. The van der Waals surface area contributed by atoms with Crippen LogP contribution in [0.4, 0.5) is 13.2 Å². The fourth-order valence-electron chi connectivity index (χ4n) is 5.29. The molecule has 3 rings (SSSR count). The number of carbonyl (C=O) groups is 3. The lowest BCUT2D eigenvalue weighted by Crippen LogP contribution is -2.58. The van der Waals surface area contributed by atoms with Crippen LogP contribution < -0.4 is 5.32 Å². The van der Waals surface area contributed by atoms with E-state index in [2.05, 4.69) is 5.32 Å². The maximum Gasteiger partial charge on any atom is 0.393 e. The third kappa shape index (κ3) is 6.57. The number of amides is 2. The minimum absolute atomic E-state index is 0.0795. The Morgan fingerprint density at radius 2 is 2.03 bits per heavy atom. The largest absolute Gasteiger partial charge is 0.494 e. The maximum atomic E-state index is 13.6. The van der Waals surface area contributed by atoms with Crippen molar-refractivity contribution < 1.29 is 37.0 Å². The lowest BCUT2D eigenvalue weighted by Gasteiger charge is -2.37. The van der Waals surface area contributed by atoms with Crippen LogP contribution in [0.2, 0.25) is 0 Å². The molecular weight excluding hydrogens is 501 g/mol. The van der Waals surface area contributed by atoms with Crippen molar-refractivity contribution in [3.63, 3.8) is 0 Å². The first-order valence-electron chi connectivity index (χ1n) is 13.2. The summed E-state index contributed by atoms with van der Waals surface area (Å²) in [5.41, 5.74) is -0.426. The van der Waals surface area contributed by atoms with Gasteiger partial charge in [-0.3, -0.25) is 19.3 Å². The second-order valence-corrected chi connectivity index (χ2v) is 10.1. The van der Waals surface area contributed by atoms with Gasteiger partial charge in [-0.2, -0.15) is 13.2 Å². The number of hydrogen-bond donors (Lipinski definition) is 1. The molecule has 38 heavy (non-hydrogen) atoms. The molecule has 1 heterocycles. The molecule has 2 aliphatic carbocycles. The average molecular weight is 539 g/mol. The van der Waals surface area contributed by atoms with Crippen LogP contribution in [0.1, 0.15) is 58.8 Å². The topological polar surface area (TPSA) is 84.9 Å². The SMILES string of the molecule is CCCC1=C2OC(=O)CC(C(F)(F)F)C2CC=C1OCCCCN(C=O)C(=O)C(C)(NC)C1C=CC=CC1. The van der Waals surface area contributed by atoms with Gasteiger partial charge in [-0.05, 0) is 52.2 Å². The van der Waals surface area contributed by atoms with Crippen molar-refractivity contribution >= 4 is 18.3 Å². The summed E-state index contributed by atoms with van der Waals surface area (Å²) in [6, 6.07) is 0. The Hall–Kier alpha value is -2.88. The molecule has 4 unspecified atom stereocenters. The third-order valence-corrected chi connectivity index (χ3v) is 7.63. The van der Waals surface area contributed by atoms with Gasteiger partial charge in [-0.15, -0.1) is 0 Å². The summed E-state index contributed by atoms with van der Waals surface area (Å²) in [5.74, 6) is -3.44. The summed E-state index contributed by atoms with van der Waals surface area (Å²) in [7, 11) is 1.70. The van der Waals surface area contributed by atoms with Gasteiger partial charge in [-0.25, -0.2) is 0 Å². The summed E-state index contributed by atoms with van der Waals surface area (Å²) in [6.45, 7) is 4.14. The zero-order valence-corrected chi connectivity index (χ0v) is 22.2. The number of nitrogens with zero attached hydrogens (tertiary/aromatic N) is 1. The number of ether oxygens (including phenoxy) is 2. The van der Waals surface area contributed by atoms with E-state index in [1.165, 1.54) is 4.90 Å². The van der Waals surface area contributed by atoms with E-state index in [4.69, 9.17) is 9.47 Å². The third-order valence-electron chi connectivity index (χ3n) is 7.63. The van der Waals surface area contributed by atoms with E-state index in [9.17, 15) is 27.6 Å². The minimum Gasteiger partial charge on any atom is -0.494 e. The second kappa shape index (κ2) is 12.8. The van der Waals surface area contributed by atoms with Gasteiger partial charge in [-0.1, -0.05) is 37.6 Å². The summed E-state index contributed by atoms with van der Waals surface area (Å²) >= 11 is 0. The van der Waals surface area contributed by atoms with Crippen LogP contribution in [-0.4, -0.2) is 55.1 Å². The maximum absolute atomic E-state index is 13.6. The highest BCUT2D eigenvalue weighted by Gasteiger charge is 2.52. The van der Waals surface area contributed by atoms with Gasteiger partial charge in [0.15, 0.2) is 0 Å². The predicted molar refractivity (Wildman–Crippen MR) is 135 cm³/mol. The first-order valence-corrected chi connectivity index (χ1v) is 13.2. The Labute approximate surface area is 221 Å². The van der Waals surface area contributed by atoms with Crippen molar-refractivity contribution in [3.8, 4) is 0 Å². The molecule has 7 nitrogen and oxygen atoms in total. The molecule has 0 radical (unpaired) electrons. The Morgan fingerprint density at radius 3 is 2.63 bits per heavy atom. The van der Waals surface area contributed by atoms with Crippen molar-refractivity contribution in [2.24, 2.45) is 17.8 Å². The number of esters is 1. The molecule has 2 amide bonds. The van der Waals surface area contributed by atoms with Crippen LogP contribution in [0.5, 0.6) is 0 Å². The molecular formula is C28H37F3N2O5. The number of rotatable bonds is 12. The van der Waals surface area contributed by atoms with E-state index in [-0.39, 0.29) is 37.2 Å². The monoisotopic (exact) mass is 538 g/mol. The van der Waals surface area contributed by atoms with Crippen molar-refractivity contribution in [1.82, 2.24) is 10.2 Å². The van der Waals surface area contributed by atoms with E-state index in [0.29, 0.717) is 49.8 Å². The minimum atomic E-state index is -4.49. The van der Waals surface area contributed by atoms with Crippen molar-refractivity contribution in [3.05, 3.63) is 47.5 Å². The Morgan fingerprint density at radius 1 is 1.26 bits per heavy atom. The molecule has 1 aliphatic heterocycles. The summed E-state index contributed by atoms with van der Waals surface area (Å²) in [4.78, 5) is 38.1. The molecule has 1 N–H and O–H groups in total. The quantitative estimate of drug-likeness (QED) is 0.215. The number of allylic oxidation sites excluding steroid dienone is 6. The number of alkyl halides is 3. The molecule has 0 aromatic carbocycles. The van der Waals surface area contributed by atoms with E-state index in [1.54, 1.807) is 20.0 Å². The number of carbonyl (C=O) groups excluding carboxylic acids is 3. The van der Waals surface area contributed by atoms with Gasteiger partial charge in [0.25, 0.3) is 0 Å². The zero-order chi connectivity index (χ0) is 27.9. The van der Waals surface area contributed by atoms with Crippen LogP contribution in [0.3, 0.4) is 0 Å². The van der Waals surface area contributed by atoms with Crippen LogP contribution in [-0.2, 0) is 23.9 Å². The van der Waals surface area contributed by atoms with Crippen LogP contribution in [0.25, 0.3) is 0 Å². The molecule has 0 bridgehead atoms. The van der Waals surface area contributed by atoms with Crippen molar-refractivity contribution in [2.75, 3.05) is 20.2 Å². The highest BCUT2D eigenvalue weighted by Crippen LogP contribution is 2.48. The van der Waals surface area contributed by atoms with Gasteiger partial charge < -0.3 is 14.8 Å². The fraction of sp³-hybridized carbons (Fsp3) is 0.607. The number of nitrogens with one attached hydrogen (secondary N) is 1. The zero-order valence-electron chi connectivity index (χ0n) is 22.2. The number of fused-ring (bicyclic) bond motifs is 1. The Kier molecular flexibility index (Phi) is 9.98. The summed E-state index contributed by atoms with van der Waals surface area (Å²) in [5, 5.41) is 3.08. The Balaban J connectivity index is 1.58. The highest BCUT2D eigenvalue weighted by atomic mass is 19.4. The van der Waals surface area contributed by atoms with Crippen LogP contribution in [0.15, 0.2) is 47.5 Å². The second-order valence-electron chi connectivity index (χ2n) is 10.1. The van der Waals surface area contributed by atoms with Gasteiger partial charge in [0, 0.05) is 24.0 Å². The van der Waals surface area contributed by atoms with E-state index >= 15 is 0 Å². The molecule has 0 aromatic heterocycles. The van der Waals surface area contributed by atoms with Gasteiger partial charge >= 0.3 is 12.1 Å². The number of imide groups is 1. The summed E-state index contributed by atoms with van der Waals surface area (Å²) < 4.78 is 52.0. The average Bonchev–Trinajstić information content (AvgIpc) is 2.90. The van der Waals surface area contributed by atoms with E-state index < -0.39 is 35.9 Å². The lowest BCUT2D eigenvalue weighted by atomic mass is 9.78. The normalized spacial score (nSPS) is 24.7. The molecule has 1 saturated heterocycles. The molecule has 210 valence electrons. The molecule has 4 atom stereocenters. The van der Waals surface area contributed by atoms with Crippen LogP contribution >= 0.6 is 0 Å². The molecule has 1 fully saturated rings. The van der Waals surface area contributed by atoms with Gasteiger partial charge in [0.1, 0.15) is 17.1 Å². The molecule has 0 saturated carbocycles. The smallest absolute Gasteiger partial charge is 0.393 e. The van der Waals surface area contributed by atoms with Crippen LogP contribution in [0, 0.1) is 17.8 Å². The summed E-state index contributed by atoms with van der Waals surface area (Å²) in [6.07, 6.45) is 7.63. The van der Waals surface area contributed by atoms with Crippen molar-refractivity contribution in [2.45, 2.75) is 70.5 Å². The van der Waals surface area contributed by atoms with E-state index in [1.807, 2.05) is 31.2 Å². The number of hydrogen-bond acceptors (Lipinski definition) is 6. The Bertz CT molecular complexity index is 1020. The molecule has 0 spiro atoms.